The van der Waals surface area contributed by atoms with Crippen LogP contribution >= 0.6 is 0 Å². The minimum Gasteiger partial charge on any atom is -0.481 e. The Morgan fingerprint density at radius 2 is 1.79 bits per heavy atom. The van der Waals surface area contributed by atoms with E-state index in [4.69, 9.17) is 9.47 Å². The Balaban J connectivity index is 1.63. The van der Waals surface area contributed by atoms with Crippen molar-refractivity contribution in [1.29, 1.82) is 0 Å². The van der Waals surface area contributed by atoms with Gasteiger partial charge in [-0.2, -0.15) is 0 Å². The van der Waals surface area contributed by atoms with Gasteiger partial charge in [-0.3, -0.25) is 14.5 Å². The van der Waals surface area contributed by atoms with Gasteiger partial charge in [0.1, 0.15) is 12.3 Å². The molecule has 0 fully saturated rings. The van der Waals surface area contributed by atoms with Crippen LogP contribution in [0.5, 0.6) is 5.75 Å². The second kappa shape index (κ2) is 8.12. The number of carbonyl (C=O) groups is 3. The van der Waals surface area contributed by atoms with Crippen molar-refractivity contribution in [3.05, 3.63) is 53.6 Å². The molecule has 2 amide bonds. The van der Waals surface area contributed by atoms with E-state index in [2.05, 4.69) is 5.32 Å². The highest BCUT2D eigenvalue weighted by Crippen LogP contribution is 2.29. The van der Waals surface area contributed by atoms with E-state index < -0.39 is 18.0 Å². The number of carbonyl (C=O) groups excluding carboxylic acids is 3. The maximum atomic E-state index is 12.8. The van der Waals surface area contributed by atoms with E-state index in [0.29, 0.717) is 17.1 Å². The summed E-state index contributed by atoms with van der Waals surface area (Å²) in [5.74, 6) is -0.801. The number of benzene rings is 2. The Labute approximate surface area is 163 Å². The van der Waals surface area contributed by atoms with Crippen LogP contribution in [0.3, 0.4) is 0 Å². The summed E-state index contributed by atoms with van der Waals surface area (Å²) in [6.45, 7) is 4.82. The predicted molar refractivity (Wildman–Crippen MR) is 104 cm³/mol. The fourth-order valence-electron chi connectivity index (χ4n) is 3.09. The molecule has 2 aromatic carbocycles. The Hall–Kier alpha value is -3.35. The summed E-state index contributed by atoms with van der Waals surface area (Å²) in [6.07, 6.45) is -1.05. The van der Waals surface area contributed by atoms with Crippen molar-refractivity contribution in [1.82, 2.24) is 0 Å². The van der Waals surface area contributed by atoms with Crippen molar-refractivity contribution in [3.8, 4) is 5.75 Å². The van der Waals surface area contributed by atoms with Crippen molar-refractivity contribution in [2.45, 2.75) is 26.9 Å². The van der Waals surface area contributed by atoms with Crippen LogP contribution in [0.25, 0.3) is 0 Å². The van der Waals surface area contributed by atoms with Gasteiger partial charge in [0.05, 0.1) is 11.4 Å². The summed E-state index contributed by atoms with van der Waals surface area (Å²) in [5.41, 5.74) is 2.94. The standard InChI is InChI=1S/C21H22N2O5/c1-13-7-6-8-14(2)20(13)27-12-19(25)28-15(3)21(26)23-11-18(24)22-16-9-4-5-10-17(16)23/h4-10,15H,11-12H2,1-3H3,(H,22,24)/t15-/m1/s1. The topological polar surface area (TPSA) is 84.9 Å². The second-order valence-corrected chi connectivity index (χ2v) is 6.63. The Morgan fingerprint density at radius 3 is 2.50 bits per heavy atom. The number of aryl methyl sites for hydroxylation is 2. The summed E-state index contributed by atoms with van der Waals surface area (Å²) in [5, 5.41) is 2.71. The molecule has 0 spiro atoms. The first-order valence-electron chi connectivity index (χ1n) is 8.95. The lowest BCUT2D eigenvalue weighted by Gasteiger charge is -2.30. The lowest BCUT2D eigenvalue weighted by Crippen LogP contribution is -2.47. The molecule has 7 heteroatoms. The summed E-state index contributed by atoms with van der Waals surface area (Å²) in [7, 11) is 0. The van der Waals surface area contributed by atoms with Gasteiger partial charge in [0, 0.05) is 0 Å². The quantitative estimate of drug-likeness (QED) is 0.804. The van der Waals surface area contributed by atoms with E-state index in [1.165, 1.54) is 11.8 Å². The first kappa shape index (κ1) is 19.4. The molecule has 1 N–H and O–H groups in total. The van der Waals surface area contributed by atoms with Crippen LogP contribution < -0.4 is 15.0 Å². The van der Waals surface area contributed by atoms with E-state index >= 15 is 0 Å². The van der Waals surface area contributed by atoms with Crippen LogP contribution in [-0.2, 0) is 19.1 Å². The Bertz CT molecular complexity index is 905. The molecule has 28 heavy (non-hydrogen) atoms. The molecule has 2 aromatic rings. The molecule has 0 radical (unpaired) electrons. The van der Waals surface area contributed by atoms with Crippen molar-refractivity contribution >= 4 is 29.2 Å². The van der Waals surface area contributed by atoms with Crippen LogP contribution in [0.1, 0.15) is 18.1 Å². The number of nitrogens with one attached hydrogen (secondary N) is 1. The number of hydrogen-bond donors (Lipinski definition) is 1. The van der Waals surface area contributed by atoms with Gasteiger partial charge in [0.15, 0.2) is 12.7 Å². The van der Waals surface area contributed by atoms with Crippen molar-refractivity contribution in [2.24, 2.45) is 0 Å². The third kappa shape index (κ3) is 4.14. The number of fused-ring (bicyclic) bond motifs is 1. The molecule has 0 saturated heterocycles. The van der Waals surface area contributed by atoms with Crippen LogP contribution in [0.4, 0.5) is 11.4 Å². The predicted octanol–water partition coefficient (Wildman–Crippen LogP) is 2.60. The summed E-state index contributed by atoms with van der Waals surface area (Å²) in [4.78, 5) is 38.1. The molecule has 1 aliphatic rings. The number of ether oxygens (including phenoxy) is 2. The number of amides is 2. The van der Waals surface area contributed by atoms with Crippen LogP contribution in [0, 0.1) is 13.8 Å². The third-order valence-corrected chi connectivity index (χ3v) is 4.44. The van der Waals surface area contributed by atoms with E-state index in [1.807, 2.05) is 32.0 Å². The molecule has 7 nitrogen and oxygen atoms in total. The molecular weight excluding hydrogens is 360 g/mol. The number of anilines is 2. The van der Waals surface area contributed by atoms with Gasteiger partial charge in [0.25, 0.3) is 5.91 Å². The highest BCUT2D eigenvalue weighted by molar-refractivity contribution is 6.11. The minimum atomic E-state index is -1.05. The molecule has 0 aliphatic carbocycles. The van der Waals surface area contributed by atoms with E-state index in [-0.39, 0.29) is 19.1 Å². The molecule has 0 saturated carbocycles. The van der Waals surface area contributed by atoms with Gasteiger partial charge in [0.2, 0.25) is 5.91 Å². The fraction of sp³-hybridized carbons (Fsp3) is 0.286. The molecular formula is C21H22N2O5. The second-order valence-electron chi connectivity index (χ2n) is 6.63. The van der Waals surface area contributed by atoms with Crippen molar-refractivity contribution < 1.29 is 23.9 Å². The number of rotatable bonds is 5. The van der Waals surface area contributed by atoms with Crippen LogP contribution in [0.2, 0.25) is 0 Å². The van der Waals surface area contributed by atoms with Crippen molar-refractivity contribution in [3.63, 3.8) is 0 Å². The van der Waals surface area contributed by atoms with Gasteiger partial charge < -0.3 is 14.8 Å². The highest BCUT2D eigenvalue weighted by atomic mass is 16.6. The third-order valence-electron chi connectivity index (χ3n) is 4.44. The largest absolute Gasteiger partial charge is 0.481 e. The zero-order valence-corrected chi connectivity index (χ0v) is 16.0. The molecule has 3 rings (SSSR count). The molecule has 146 valence electrons. The molecule has 0 aromatic heterocycles. The first-order valence-corrected chi connectivity index (χ1v) is 8.95. The Kier molecular flexibility index (Phi) is 5.63. The SMILES string of the molecule is Cc1cccc(C)c1OCC(=O)O[C@H](C)C(=O)N1CC(=O)Nc2ccccc21. The summed E-state index contributed by atoms with van der Waals surface area (Å²) >= 11 is 0. The number of para-hydroxylation sites is 3. The molecule has 0 unspecified atom stereocenters. The zero-order valence-electron chi connectivity index (χ0n) is 16.0. The molecule has 1 aliphatic heterocycles. The number of esters is 1. The maximum Gasteiger partial charge on any atom is 0.344 e. The number of nitrogens with zero attached hydrogens (tertiary/aromatic N) is 1. The van der Waals surface area contributed by atoms with Crippen LogP contribution in [0.15, 0.2) is 42.5 Å². The van der Waals surface area contributed by atoms with Crippen LogP contribution in [-0.4, -0.2) is 37.0 Å². The summed E-state index contributed by atoms with van der Waals surface area (Å²) < 4.78 is 10.8. The maximum absolute atomic E-state index is 12.8. The van der Waals surface area contributed by atoms with E-state index in [1.54, 1.807) is 24.3 Å². The first-order chi connectivity index (χ1) is 13.4. The van der Waals surface area contributed by atoms with Gasteiger partial charge in [-0.15, -0.1) is 0 Å². The van der Waals surface area contributed by atoms with Gasteiger partial charge in [-0.05, 0) is 44.0 Å². The lowest BCUT2D eigenvalue weighted by molar-refractivity contribution is -0.155. The van der Waals surface area contributed by atoms with Gasteiger partial charge in [-0.1, -0.05) is 30.3 Å². The average Bonchev–Trinajstić information content (AvgIpc) is 2.66. The zero-order chi connectivity index (χ0) is 20.3. The minimum absolute atomic E-state index is 0.128. The fourth-order valence-corrected chi connectivity index (χ4v) is 3.09. The monoisotopic (exact) mass is 382 g/mol. The summed E-state index contributed by atoms with van der Waals surface area (Å²) in [6, 6.07) is 12.7. The van der Waals surface area contributed by atoms with Gasteiger partial charge >= 0.3 is 5.97 Å². The highest BCUT2D eigenvalue weighted by Gasteiger charge is 2.31. The van der Waals surface area contributed by atoms with Crippen molar-refractivity contribution in [2.75, 3.05) is 23.4 Å². The molecule has 1 atom stereocenters. The average molecular weight is 382 g/mol. The normalized spacial score (nSPS) is 14.0. The number of hydrogen-bond acceptors (Lipinski definition) is 5. The van der Waals surface area contributed by atoms with Gasteiger partial charge in [-0.25, -0.2) is 4.79 Å². The van der Waals surface area contributed by atoms with E-state index in [9.17, 15) is 14.4 Å². The Morgan fingerprint density at radius 1 is 1.11 bits per heavy atom. The van der Waals surface area contributed by atoms with E-state index in [0.717, 1.165) is 11.1 Å². The molecule has 1 heterocycles. The molecule has 0 bridgehead atoms. The smallest absolute Gasteiger partial charge is 0.344 e. The lowest BCUT2D eigenvalue weighted by atomic mass is 10.1.